The van der Waals surface area contributed by atoms with Crippen molar-refractivity contribution in [2.24, 2.45) is 5.92 Å². The van der Waals surface area contributed by atoms with Crippen LogP contribution in [-0.4, -0.2) is 12.5 Å². The van der Waals surface area contributed by atoms with E-state index in [1.807, 2.05) is 13.0 Å². The van der Waals surface area contributed by atoms with Gasteiger partial charge in [-0.1, -0.05) is 23.7 Å². The predicted octanol–water partition coefficient (Wildman–Crippen LogP) is 2.04. The Morgan fingerprint density at radius 3 is 2.87 bits per heavy atom. The van der Waals surface area contributed by atoms with Crippen LogP contribution in [-0.2, 0) is 10.2 Å². The SMILES string of the molecule is Cc1cc(C23CNC(=O)C2C3)ccc1Cl. The van der Waals surface area contributed by atoms with E-state index >= 15 is 0 Å². The van der Waals surface area contributed by atoms with Gasteiger partial charge in [0.25, 0.3) is 0 Å². The number of nitrogens with one attached hydrogen (secondary N) is 1. The number of benzene rings is 1. The Balaban J connectivity index is 2.01. The quantitative estimate of drug-likeness (QED) is 0.773. The van der Waals surface area contributed by atoms with Gasteiger partial charge >= 0.3 is 0 Å². The summed E-state index contributed by atoms with van der Waals surface area (Å²) in [6.45, 7) is 2.79. The Kier molecular flexibility index (Phi) is 1.70. The number of amides is 1. The molecule has 3 heteroatoms. The first-order valence-electron chi connectivity index (χ1n) is 5.18. The number of fused-ring (bicyclic) bond motifs is 1. The Morgan fingerprint density at radius 2 is 2.33 bits per heavy atom. The molecule has 1 saturated heterocycles. The van der Waals surface area contributed by atoms with Crippen LogP contribution in [0, 0.1) is 12.8 Å². The molecule has 1 aromatic carbocycles. The fourth-order valence-corrected chi connectivity index (χ4v) is 2.71. The molecule has 15 heavy (non-hydrogen) atoms. The lowest BCUT2D eigenvalue weighted by Gasteiger charge is -2.12. The molecular formula is C12H12ClNO. The molecule has 1 aliphatic carbocycles. The number of carbonyl (C=O) groups is 1. The van der Waals surface area contributed by atoms with E-state index in [4.69, 9.17) is 11.6 Å². The highest BCUT2D eigenvalue weighted by molar-refractivity contribution is 6.31. The summed E-state index contributed by atoms with van der Waals surface area (Å²) in [5, 5.41) is 3.72. The van der Waals surface area contributed by atoms with Gasteiger partial charge in [-0.05, 0) is 30.5 Å². The van der Waals surface area contributed by atoms with Crippen LogP contribution in [0.5, 0.6) is 0 Å². The molecule has 2 fully saturated rings. The highest BCUT2D eigenvalue weighted by Gasteiger charge is 2.63. The Labute approximate surface area is 93.6 Å². The predicted molar refractivity (Wildman–Crippen MR) is 59.0 cm³/mol. The molecule has 3 rings (SSSR count). The Bertz CT molecular complexity index is 457. The normalized spacial score (nSPS) is 32.4. The fourth-order valence-electron chi connectivity index (χ4n) is 2.59. The van der Waals surface area contributed by atoms with Gasteiger partial charge in [0.1, 0.15) is 0 Å². The Hall–Kier alpha value is -1.02. The molecule has 78 valence electrons. The highest BCUT2D eigenvalue weighted by atomic mass is 35.5. The van der Waals surface area contributed by atoms with E-state index in [0.29, 0.717) is 0 Å². The second-order valence-corrected chi connectivity index (χ2v) is 5.00. The van der Waals surface area contributed by atoms with E-state index in [1.54, 1.807) is 0 Å². The van der Waals surface area contributed by atoms with Gasteiger partial charge in [-0.2, -0.15) is 0 Å². The minimum absolute atomic E-state index is 0.0897. The van der Waals surface area contributed by atoms with E-state index in [2.05, 4.69) is 17.4 Å². The lowest BCUT2D eigenvalue weighted by molar-refractivity contribution is -0.120. The van der Waals surface area contributed by atoms with E-state index in [1.165, 1.54) is 5.56 Å². The van der Waals surface area contributed by atoms with Gasteiger partial charge < -0.3 is 5.32 Å². The average molecular weight is 222 g/mol. The summed E-state index contributed by atoms with van der Waals surface area (Å²) in [4.78, 5) is 11.4. The molecule has 2 aliphatic rings. The molecule has 2 unspecified atom stereocenters. The zero-order valence-corrected chi connectivity index (χ0v) is 9.27. The van der Waals surface area contributed by atoms with E-state index < -0.39 is 0 Å². The third kappa shape index (κ3) is 1.14. The number of hydrogen-bond acceptors (Lipinski definition) is 1. The van der Waals surface area contributed by atoms with Crippen LogP contribution in [0.4, 0.5) is 0 Å². The van der Waals surface area contributed by atoms with Crippen molar-refractivity contribution in [3.05, 3.63) is 34.3 Å². The summed E-state index contributed by atoms with van der Waals surface area (Å²) in [7, 11) is 0. The van der Waals surface area contributed by atoms with Gasteiger partial charge in [0.15, 0.2) is 0 Å². The van der Waals surface area contributed by atoms with E-state index in [9.17, 15) is 4.79 Å². The minimum Gasteiger partial charge on any atom is -0.355 e. The topological polar surface area (TPSA) is 29.1 Å². The molecule has 0 radical (unpaired) electrons. The summed E-state index contributed by atoms with van der Waals surface area (Å²) in [6, 6.07) is 6.09. The van der Waals surface area contributed by atoms with Gasteiger partial charge in [-0.15, -0.1) is 0 Å². The van der Waals surface area contributed by atoms with Crippen LogP contribution in [0.2, 0.25) is 5.02 Å². The van der Waals surface area contributed by atoms with Gasteiger partial charge in [0, 0.05) is 17.0 Å². The molecule has 1 aromatic rings. The lowest BCUT2D eigenvalue weighted by Crippen LogP contribution is -2.22. The largest absolute Gasteiger partial charge is 0.355 e. The maximum Gasteiger partial charge on any atom is 0.224 e. The number of rotatable bonds is 1. The molecule has 1 amide bonds. The molecular weight excluding hydrogens is 210 g/mol. The minimum atomic E-state index is 0.0897. The van der Waals surface area contributed by atoms with Crippen molar-refractivity contribution in [1.82, 2.24) is 5.32 Å². The van der Waals surface area contributed by atoms with Crippen molar-refractivity contribution < 1.29 is 4.79 Å². The zero-order valence-electron chi connectivity index (χ0n) is 8.51. The molecule has 2 atom stereocenters. The van der Waals surface area contributed by atoms with Crippen molar-refractivity contribution in [3.63, 3.8) is 0 Å². The number of carbonyl (C=O) groups excluding carboxylic acids is 1. The van der Waals surface area contributed by atoms with E-state index in [-0.39, 0.29) is 17.2 Å². The fraction of sp³-hybridized carbons (Fsp3) is 0.417. The van der Waals surface area contributed by atoms with Crippen molar-refractivity contribution in [1.29, 1.82) is 0 Å². The zero-order chi connectivity index (χ0) is 10.6. The standard InChI is InChI=1S/C12H12ClNO/c1-7-4-8(2-3-10(7)13)12-5-9(12)11(15)14-6-12/h2-4,9H,5-6H2,1H3,(H,14,15). The van der Waals surface area contributed by atoms with Crippen LogP contribution in [0.1, 0.15) is 17.5 Å². The third-order valence-corrected chi connectivity index (χ3v) is 4.13. The first-order chi connectivity index (χ1) is 7.13. The van der Waals surface area contributed by atoms with Crippen molar-refractivity contribution in [2.45, 2.75) is 18.8 Å². The first kappa shape index (κ1) is 9.22. The molecule has 0 bridgehead atoms. The van der Waals surface area contributed by atoms with Gasteiger partial charge in [0.05, 0.1) is 5.92 Å². The second-order valence-electron chi connectivity index (χ2n) is 4.59. The molecule has 1 saturated carbocycles. The molecule has 1 heterocycles. The molecule has 0 spiro atoms. The van der Waals surface area contributed by atoms with Crippen LogP contribution < -0.4 is 5.32 Å². The number of aryl methyl sites for hydroxylation is 1. The van der Waals surface area contributed by atoms with Crippen molar-refractivity contribution in [3.8, 4) is 0 Å². The summed E-state index contributed by atoms with van der Waals surface area (Å²) in [5.41, 5.74) is 2.44. The van der Waals surface area contributed by atoms with Crippen LogP contribution in [0.15, 0.2) is 18.2 Å². The lowest BCUT2D eigenvalue weighted by atomic mass is 9.94. The first-order valence-corrected chi connectivity index (χ1v) is 5.56. The van der Waals surface area contributed by atoms with Gasteiger partial charge in [-0.3, -0.25) is 4.79 Å². The summed E-state index contributed by atoms with van der Waals surface area (Å²) in [6.07, 6.45) is 1.000. The van der Waals surface area contributed by atoms with Gasteiger partial charge in [0.2, 0.25) is 5.91 Å². The number of halogens is 1. The summed E-state index contributed by atoms with van der Waals surface area (Å²) >= 11 is 5.99. The maximum absolute atomic E-state index is 11.4. The van der Waals surface area contributed by atoms with Gasteiger partial charge in [-0.25, -0.2) is 0 Å². The summed E-state index contributed by atoms with van der Waals surface area (Å²) < 4.78 is 0. The number of piperidine rings is 1. The summed E-state index contributed by atoms with van der Waals surface area (Å²) in [5.74, 6) is 0.417. The molecule has 0 aromatic heterocycles. The Morgan fingerprint density at radius 1 is 1.53 bits per heavy atom. The molecule has 1 N–H and O–H groups in total. The third-order valence-electron chi connectivity index (χ3n) is 3.70. The number of hydrogen-bond donors (Lipinski definition) is 1. The average Bonchev–Trinajstić information content (AvgIpc) is 2.88. The van der Waals surface area contributed by atoms with Crippen molar-refractivity contribution in [2.75, 3.05) is 6.54 Å². The second kappa shape index (κ2) is 2.76. The van der Waals surface area contributed by atoms with E-state index in [0.717, 1.165) is 23.6 Å². The van der Waals surface area contributed by atoms with Crippen LogP contribution >= 0.6 is 11.6 Å². The van der Waals surface area contributed by atoms with Crippen molar-refractivity contribution >= 4 is 17.5 Å². The molecule has 1 aliphatic heterocycles. The highest BCUT2D eigenvalue weighted by Crippen LogP contribution is 2.57. The smallest absolute Gasteiger partial charge is 0.224 e. The van der Waals surface area contributed by atoms with Crippen LogP contribution in [0.3, 0.4) is 0 Å². The van der Waals surface area contributed by atoms with Crippen LogP contribution in [0.25, 0.3) is 0 Å². The maximum atomic E-state index is 11.4. The monoisotopic (exact) mass is 221 g/mol. The molecule has 2 nitrogen and oxygen atoms in total.